The Morgan fingerprint density at radius 2 is 2.00 bits per heavy atom. The number of para-hydroxylation sites is 1. The standard InChI is InChI=1S/C11H15ClFN/c1-11(2,3)7-14-10-8(12)5-4-6-9(10)13/h4-6,14H,7H2,1-3H3. The molecule has 1 aromatic rings. The van der Waals surface area contributed by atoms with Crippen LogP contribution in [-0.4, -0.2) is 6.54 Å². The van der Waals surface area contributed by atoms with Gasteiger partial charge in [-0.3, -0.25) is 0 Å². The maximum Gasteiger partial charge on any atom is 0.147 e. The Morgan fingerprint density at radius 1 is 1.36 bits per heavy atom. The van der Waals surface area contributed by atoms with Gasteiger partial charge in [-0.1, -0.05) is 38.4 Å². The average molecular weight is 216 g/mol. The minimum Gasteiger partial charge on any atom is -0.381 e. The number of benzene rings is 1. The van der Waals surface area contributed by atoms with Gasteiger partial charge < -0.3 is 5.32 Å². The number of nitrogens with one attached hydrogen (secondary N) is 1. The van der Waals surface area contributed by atoms with E-state index in [2.05, 4.69) is 26.1 Å². The largest absolute Gasteiger partial charge is 0.381 e. The van der Waals surface area contributed by atoms with E-state index in [4.69, 9.17) is 11.6 Å². The molecule has 0 heterocycles. The molecule has 0 aliphatic rings. The summed E-state index contributed by atoms with van der Waals surface area (Å²) < 4.78 is 13.3. The summed E-state index contributed by atoms with van der Waals surface area (Å²) in [4.78, 5) is 0. The molecule has 0 aromatic heterocycles. The molecule has 0 radical (unpaired) electrons. The zero-order chi connectivity index (χ0) is 10.8. The fourth-order valence-corrected chi connectivity index (χ4v) is 1.25. The van der Waals surface area contributed by atoms with Crippen LogP contribution in [0.15, 0.2) is 18.2 Å². The van der Waals surface area contributed by atoms with E-state index in [1.165, 1.54) is 6.07 Å². The first-order valence-corrected chi connectivity index (χ1v) is 4.96. The lowest BCUT2D eigenvalue weighted by Crippen LogP contribution is -2.19. The van der Waals surface area contributed by atoms with E-state index in [1.54, 1.807) is 12.1 Å². The van der Waals surface area contributed by atoms with Crippen LogP contribution in [0, 0.1) is 11.2 Å². The highest BCUT2D eigenvalue weighted by atomic mass is 35.5. The fraction of sp³-hybridized carbons (Fsp3) is 0.455. The van der Waals surface area contributed by atoms with Gasteiger partial charge in [0.15, 0.2) is 0 Å². The molecule has 0 unspecified atom stereocenters. The lowest BCUT2D eigenvalue weighted by atomic mass is 9.97. The number of rotatable bonds is 2. The second-order valence-electron chi connectivity index (χ2n) is 4.51. The van der Waals surface area contributed by atoms with Crippen molar-refractivity contribution < 1.29 is 4.39 Å². The fourth-order valence-electron chi connectivity index (χ4n) is 1.02. The smallest absolute Gasteiger partial charge is 0.147 e. The second-order valence-corrected chi connectivity index (χ2v) is 4.92. The maximum absolute atomic E-state index is 13.3. The van der Waals surface area contributed by atoms with E-state index in [0.29, 0.717) is 17.3 Å². The van der Waals surface area contributed by atoms with Crippen LogP contribution in [0.3, 0.4) is 0 Å². The van der Waals surface area contributed by atoms with Gasteiger partial charge in [-0.2, -0.15) is 0 Å². The Balaban J connectivity index is 2.77. The molecule has 3 heteroatoms. The van der Waals surface area contributed by atoms with Gasteiger partial charge in [0.05, 0.1) is 10.7 Å². The second kappa shape index (κ2) is 4.18. The minimum atomic E-state index is -0.304. The molecule has 1 nitrogen and oxygen atoms in total. The molecule has 0 amide bonds. The molecule has 0 atom stereocenters. The van der Waals surface area contributed by atoms with Crippen LogP contribution >= 0.6 is 11.6 Å². The Hall–Kier alpha value is -0.760. The van der Waals surface area contributed by atoms with Crippen LogP contribution in [0.1, 0.15) is 20.8 Å². The van der Waals surface area contributed by atoms with Crippen LogP contribution in [0.2, 0.25) is 5.02 Å². The van der Waals surface area contributed by atoms with E-state index < -0.39 is 0 Å². The van der Waals surface area contributed by atoms with Gasteiger partial charge in [-0.05, 0) is 17.5 Å². The summed E-state index contributed by atoms with van der Waals surface area (Å²) in [5.74, 6) is -0.304. The quantitative estimate of drug-likeness (QED) is 0.788. The number of halogens is 2. The highest BCUT2D eigenvalue weighted by Gasteiger charge is 2.12. The summed E-state index contributed by atoms with van der Waals surface area (Å²) in [7, 11) is 0. The topological polar surface area (TPSA) is 12.0 Å². The predicted molar refractivity (Wildman–Crippen MR) is 59.4 cm³/mol. The number of anilines is 1. The van der Waals surface area contributed by atoms with Crippen LogP contribution in [-0.2, 0) is 0 Å². The Bertz CT molecular complexity index is 297. The van der Waals surface area contributed by atoms with Crippen LogP contribution in [0.25, 0.3) is 0 Å². The van der Waals surface area contributed by atoms with E-state index in [1.807, 2.05) is 0 Å². The zero-order valence-corrected chi connectivity index (χ0v) is 9.45. The number of hydrogen-bond donors (Lipinski definition) is 1. The molecule has 0 aliphatic heterocycles. The molecule has 0 saturated heterocycles. The van der Waals surface area contributed by atoms with Crippen molar-refractivity contribution in [3.63, 3.8) is 0 Å². The highest BCUT2D eigenvalue weighted by Crippen LogP contribution is 2.26. The third-order valence-corrected chi connectivity index (χ3v) is 2.07. The minimum absolute atomic E-state index is 0.103. The molecule has 0 aliphatic carbocycles. The molecule has 0 bridgehead atoms. The summed E-state index contributed by atoms with van der Waals surface area (Å²) in [6.45, 7) is 6.92. The first-order chi connectivity index (χ1) is 6.40. The van der Waals surface area contributed by atoms with Crippen molar-refractivity contribution in [1.82, 2.24) is 0 Å². The van der Waals surface area contributed by atoms with Gasteiger partial charge in [0.2, 0.25) is 0 Å². The van der Waals surface area contributed by atoms with Crippen LogP contribution in [0.5, 0.6) is 0 Å². The summed E-state index contributed by atoms with van der Waals surface area (Å²) in [6.07, 6.45) is 0. The Kier molecular flexibility index (Phi) is 3.38. The van der Waals surface area contributed by atoms with Crippen molar-refractivity contribution >= 4 is 17.3 Å². The molecular weight excluding hydrogens is 201 g/mol. The molecule has 1 rings (SSSR count). The zero-order valence-electron chi connectivity index (χ0n) is 8.70. The molecule has 0 fully saturated rings. The third kappa shape index (κ3) is 3.18. The summed E-state index contributed by atoms with van der Waals surface area (Å²) in [5.41, 5.74) is 0.495. The van der Waals surface area contributed by atoms with Crippen molar-refractivity contribution in [2.24, 2.45) is 5.41 Å². The Morgan fingerprint density at radius 3 is 2.50 bits per heavy atom. The average Bonchev–Trinajstić information content (AvgIpc) is 2.01. The Labute approximate surface area is 89.3 Å². The van der Waals surface area contributed by atoms with Crippen molar-refractivity contribution in [2.45, 2.75) is 20.8 Å². The van der Waals surface area contributed by atoms with Gasteiger partial charge in [0.25, 0.3) is 0 Å². The van der Waals surface area contributed by atoms with Crippen LogP contribution in [0.4, 0.5) is 10.1 Å². The molecule has 14 heavy (non-hydrogen) atoms. The SMILES string of the molecule is CC(C)(C)CNc1c(F)cccc1Cl. The highest BCUT2D eigenvalue weighted by molar-refractivity contribution is 6.33. The van der Waals surface area contributed by atoms with Gasteiger partial charge >= 0.3 is 0 Å². The maximum atomic E-state index is 13.3. The van der Waals surface area contributed by atoms with Gasteiger partial charge in [-0.15, -0.1) is 0 Å². The number of hydrogen-bond acceptors (Lipinski definition) is 1. The summed E-state index contributed by atoms with van der Waals surface area (Å²) in [6, 6.07) is 4.67. The van der Waals surface area contributed by atoms with E-state index in [-0.39, 0.29) is 11.2 Å². The molecular formula is C11H15ClFN. The lowest BCUT2D eigenvalue weighted by molar-refractivity contribution is 0.442. The van der Waals surface area contributed by atoms with Crippen molar-refractivity contribution in [1.29, 1.82) is 0 Å². The van der Waals surface area contributed by atoms with E-state index in [9.17, 15) is 4.39 Å². The predicted octanol–water partition coefficient (Wildman–Crippen LogP) is 3.94. The monoisotopic (exact) mass is 215 g/mol. The van der Waals surface area contributed by atoms with E-state index >= 15 is 0 Å². The molecule has 1 N–H and O–H groups in total. The van der Waals surface area contributed by atoms with Crippen molar-refractivity contribution in [3.8, 4) is 0 Å². The summed E-state index contributed by atoms with van der Waals surface area (Å²) >= 11 is 5.86. The normalized spacial score (nSPS) is 11.5. The van der Waals surface area contributed by atoms with Gasteiger partial charge in [0.1, 0.15) is 5.82 Å². The first-order valence-electron chi connectivity index (χ1n) is 4.58. The van der Waals surface area contributed by atoms with Crippen molar-refractivity contribution in [3.05, 3.63) is 29.0 Å². The molecule has 0 spiro atoms. The molecule has 0 saturated carbocycles. The van der Waals surface area contributed by atoms with Gasteiger partial charge in [0, 0.05) is 6.54 Å². The first kappa shape index (κ1) is 11.3. The third-order valence-electron chi connectivity index (χ3n) is 1.76. The van der Waals surface area contributed by atoms with E-state index in [0.717, 1.165) is 0 Å². The van der Waals surface area contributed by atoms with Crippen molar-refractivity contribution in [2.75, 3.05) is 11.9 Å². The lowest BCUT2D eigenvalue weighted by Gasteiger charge is -2.20. The summed E-state index contributed by atoms with van der Waals surface area (Å²) in [5, 5.41) is 3.44. The van der Waals surface area contributed by atoms with Crippen LogP contribution < -0.4 is 5.32 Å². The molecule has 78 valence electrons. The van der Waals surface area contributed by atoms with Gasteiger partial charge in [-0.25, -0.2) is 4.39 Å². The molecule has 1 aromatic carbocycles.